The predicted octanol–water partition coefficient (Wildman–Crippen LogP) is 1.85. The molecule has 1 amide bonds. The van der Waals surface area contributed by atoms with E-state index in [1.54, 1.807) is 0 Å². The van der Waals surface area contributed by atoms with E-state index < -0.39 is 0 Å². The number of amides is 1. The monoisotopic (exact) mass is 330 g/mol. The second kappa shape index (κ2) is 4.71. The van der Waals surface area contributed by atoms with Gasteiger partial charge in [0.15, 0.2) is 0 Å². The summed E-state index contributed by atoms with van der Waals surface area (Å²) in [7, 11) is 0. The highest BCUT2D eigenvalue weighted by atomic mass is 127. The van der Waals surface area contributed by atoms with Crippen LogP contribution in [0.3, 0.4) is 0 Å². The maximum atomic E-state index is 12.2. The van der Waals surface area contributed by atoms with E-state index >= 15 is 0 Å². The van der Waals surface area contributed by atoms with E-state index in [-0.39, 0.29) is 18.0 Å². The van der Waals surface area contributed by atoms with Crippen molar-refractivity contribution in [1.29, 1.82) is 0 Å². The van der Waals surface area contributed by atoms with E-state index in [2.05, 4.69) is 22.6 Å². The minimum Gasteiger partial charge on any atom is -0.334 e. The van der Waals surface area contributed by atoms with Crippen LogP contribution in [0.4, 0.5) is 0 Å². The van der Waals surface area contributed by atoms with Crippen molar-refractivity contribution in [3.8, 4) is 0 Å². The Bertz CT molecular complexity index is 391. The van der Waals surface area contributed by atoms with Crippen molar-refractivity contribution in [2.75, 3.05) is 6.54 Å². The Labute approximate surface area is 109 Å². The van der Waals surface area contributed by atoms with Crippen LogP contribution in [0.25, 0.3) is 0 Å². The summed E-state index contributed by atoms with van der Waals surface area (Å²) >= 11 is 2.23. The van der Waals surface area contributed by atoms with Crippen molar-refractivity contribution in [1.82, 2.24) is 4.90 Å². The lowest BCUT2D eigenvalue weighted by atomic mass is 10.1. The number of nitrogens with two attached hydrogens (primary N) is 1. The van der Waals surface area contributed by atoms with Gasteiger partial charge in [0, 0.05) is 27.8 Å². The van der Waals surface area contributed by atoms with Crippen molar-refractivity contribution >= 4 is 28.5 Å². The quantitative estimate of drug-likeness (QED) is 0.799. The summed E-state index contributed by atoms with van der Waals surface area (Å²) in [6.07, 6.45) is 0.900. The van der Waals surface area contributed by atoms with E-state index in [9.17, 15) is 4.79 Å². The number of carbonyl (C=O) groups is 1. The molecule has 16 heavy (non-hydrogen) atoms. The summed E-state index contributed by atoms with van der Waals surface area (Å²) in [5, 5.41) is 0. The van der Waals surface area contributed by atoms with Gasteiger partial charge in [-0.05, 0) is 60.2 Å². The van der Waals surface area contributed by atoms with Gasteiger partial charge >= 0.3 is 0 Å². The van der Waals surface area contributed by atoms with Gasteiger partial charge in [-0.15, -0.1) is 0 Å². The Morgan fingerprint density at radius 3 is 2.56 bits per heavy atom. The summed E-state index contributed by atoms with van der Waals surface area (Å²) in [6, 6.07) is 7.92. The van der Waals surface area contributed by atoms with Crippen molar-refractivity contribution < 1.29 is 4.79 Å². The molecule has 2 unspecified atom stereocenters. The normalized spacial score (nSPS) is 24.8. The number of rotatable bonds is 1. The fourth-order valence-corrected chi connectivity index (χ4v) is 2.37. The van der Waals surface area contributed by atoms with Crippen molar-refractivity contribution in [2.45, 2.75) is 25.4 Å². The van der Waals surface area contributed by atoms with Crippen molar-refractivity contribution in [3.05, 3.63) is 33.4 Å². The molecule has 4 heteroatoms. The highest BCUT2D eigenvalue weighted by Gasteiger charge is 2.31. The lowest BCUT2D eigenvalue weighted by molar-refractivity contribution is 0.0742. The minimum atomic E-state index is 0.0943. The fraction of sp³-hybridized carbons (Fsp3) is 0.417. The lowest BCUT2D eigenvalue weighted by Gasteiger charge is -2.23. The molecule has 2 N–H and O–H groups in total. The van der Waals surface area contributed by atoms with Crippen LogP contribution in [0.2, 0.25) is 0 Å². The Morgan fingerprint density at radius 2 is 2.06 bits per heavy atom. The molecule has 1 fully saturated rings. The molecule has 1 aromatic rings. The van der Waals surface area contributed by atoms with Gasteiger partial charge in [-0.25, -0.2) is 0 Å². The zero-order chi connectivity index (χ0) is 11.7. The first kappa shape index (κ1) is 11.9. The smallest absolute Gasteiger partial charge is 0.254 e. The van der Waals surface area contributed by atoms with E-state index in [1.165, 1.54) is 0 Å². The van der Waals surface area contributed by atoms with Crippen molar-refractivity contribution in [3.63, 3.8) is 0 Å². The first-order valence-corrected chi connectivity index (χ1v) is 6.49. The molecule has 0 aromatic heterocycles. The summed E-state index contributed by atoms with van der Waals surface area (Å²) < 4.78 is 1.14. The summed E-state index contributed by atoms with van der Waals surface area (Å²) in [4.78, 5) is 14.1. The number of likely N-dealkylation sites (tertiary alicyclic amines) is 1. The molecule has 1 aliphatic rings. The number of carbonyl (C=O) groups excluding carboxylic acids is 1. The molecule has 2 rings (SSSR count). The molecule has 1 heterocycles. The van der Waals surface area contributed by atoms with Crippen molar-refractivity contribution in [2.24, 2.45) is 5.73 Å². The van der Waals surface area contributed by atoms with Crippen LogP contribution in [0.5, 0.6) is 0 Å². The Hall–Kier alpha value is -0.620. The van der Waals surface area contributed by atoms with E-state index in [4.69, 9.17) is 5.73 Å². The largest absolute Gasteiger partial charge is 0.334 e. The first-order chi connectivity index (χ1) is 7.59. The zero-order valence-corrected chi connectivity index (χ0v) is 11.3. The number of halogens is 1. The highest BCUT2D eigenvalue weighted by molar-refractivity contribution is 14.1. The molecule has 1 saturated heterocycles. The fourth-order valence-electron chi connectivity index (χ4n) is 2.01. The summed E-state index contributed by atoms with van der Waals surface area (Å²) in [5.41, 5.74) is 6.66. The number of nitrogens with zero attached hydrogens (tertiary/aromatic N) is 1. The molecule has 1 aliphatic heterocycles. The van der Waals surface area contributed by atoms with Crippen LogP contribution in [-0.4, -0.2) is 29.4 Å². The molecule has 3 nitrogen and oxygen atoms in total. The third-order valence-corrected chi connectivity index (χ3v) is 3.89. The molecular weight excluding hydrogens is 315 g/mol. The third-order valence-electron chi connectivity index (χ3n) is 3.17. The van der Waals surface area contributed by atoms with Crippen LogP contribution in [0.15, 0.2) is 24.3 Å². The van der Waals surface area contributed by atoms with Gasteiger partial charge in [-0.2, -0.15) is 0 Å². The molecule has 0 bridgehead atoms. The number of benzene rings is 1. The van der Waals surface area contributed by atoms with Gasteiger partial charge in [0.1, 0.15) is 0 Å². The van der Waals surface area contributed by atoms with Gasteiger partial charge in [0.2, 0.25) is 0 Å². The Morgan fingerprint density at radius 1 is 1.44 bits per heavy atom. The van der Waals surface area contributed by atoms with Gasteiger partial charge in [-0.3, -0.25) is 4.79 Å². The lowest BCUT2D eigenvalue weighted by Crippen LogP contribution is -2.40. The second-order valence-corrected chi connectivity index (χ2v) is 5.44. The van der Waals surface area contributed by atoms with Gasteiger partial charge in [0.25, 0.3) is 5.91 Å². The molecule has 2 atom stereocenters. The van der Waals surface area contributed by atoms with E-state index in [0.29, 0.717) is 0 Å². The second-order valence-electron chi connectivity index (χ2n) is 4.20. The maximum Gasteiger partial charge on any atom is 0.254 e. The van der Waals surface area contributed by atoms with E-state index in [1.807, 2.05) is 36.1 Å². The summed E-state index contributed by atoms with van der Waals surface area (Å²) in [5.74, 6) is 0.0943. The molecule has 0 radical (unpaired) electrons. The average Bonchev–Trinajstić information content (AvgIpc) is 2.60. The van der Waals surface area contributed by atoms with Crippen LogP contribution >= 0.6 is 22.6 Å². The molecule has 0 aliphatic carbocycles. The SMILES string of the molecule is CC1C(N)CCN1C(=O)c1ccc(I)cc1. The highest BCUT2D eigenvalue weighted by Crippen LogP contribution is 2.19. The average molecular weight is 330 g/mol. The number of hydrogen-bond donors (Lipinski definition) is 1. The number of hydrogen-bond acceptors (Lipinski definition) is 2. The molecule has 0 saturated carbocycles. The van der Waals surface area contributed by atoms with Gasteiger partial charge < -0.3 is 10.6 Å². The zero-order valence-electron chi connectivity index (χ0n) is 9.19. The molecule has 0 spiro atoms. The molecular formula is C12H15IN2O. The van der Waals surface area contributed by atoms with Crippen LogP contribution in [0.1, 0.15) is 23.7 Å². The topological polar surface area (TPSA) is 46.3 Å². The Balaban J connectivity index is 2.16. The Kier molecular flexibility index (Phi) is 3.49. The molecule has 1 aromatic carbocycles. The third kappa shape index (κ3) is 2.22. The van der Waals surface area contributed by atoms with Crippen LogP contribution < -0.4 is 5.73 Å². The van der Waals surface area contributed by atoms with Gasteiger partial charge in [-0.1, -0.05) is 0 Å². The molecule has 86 valence electrons. The first-order valence-electron chi connectivity index (χ1n) is 5.41. The maximum absolute atomic E-state index is 12.2. The van der Waals surface area contributed by atoms with Gasteiger partial charge in [0.05, 0.1) is 0 Å². The predicted molar refractivity (Wildman–Crippen MR) is 72.2 cm³/mol. The minimum absolute atomic E-state index is 0.0943. The van der Waals surface area contributed by atoms with Crippen LogP contribution in [0, 0.1) is 3.57 Å². The summed E-state index contributed by atoms with van der Waals surface area (Å²) in [6.45, 7) is 2.79. The standard InChI is InChI=1S/C12H15IN2O/c1-8-11(14)6-7-15(8)12(16)9-2-4-10(13)5-3-9/h2-5,8,11H,6-7,14H2,1H3. The van der Waals surface area contributed by atoms with Crippen LogP contribution in [-0.2, 0) is 0 Å². The van der Waals surface area contributed by atoms with E-state index in [0.717, 1.165) is 22.1 Å².